The summed E-state index contributed by atoms with van der Waals surface area (Å²) in [6, 6.07) is 13.9. The molecule has 1 heterocycles. The number of hydrogen-bond donors (Lipinski definition) is 0. The molecule has 0 saturated heterocycles. The molecule has 0 aliphatic heterocycles. The van der Waals surface area contributed by atoms with Gasteiger partial charge in [-0.3, -0.25) is 0 Å². The van der Waals surface area contributed by atoms with Gasteiger partial charge in [-0.15, -0.1) is 0 Å². The molecule has 5 heteroatoms. The van der Waals surface area contributed by atoms with Gasteiger partial charge < -0.3 is 18.8 Å². The smallest absolute Gasteiger partial charge is 0.123 e. The number of ether oxygens (including phenoxy) is 3. The van der Waals surface area contributed by atoms with Crippen LogP contribution in [0.25, 0.3) is 22.5 Å². The normalized spacial score (nSPS) is 10.7. The largest absolute Gasteiger partial charge is 0.497 e. The average molecular weight is 366 g/mol. The van der Waals surface area contributed by atoms with E-state index in [1.165, 1.54) is 0 Å². The van der Waals surface area contributed by atoms with E-state index >= 15 is 0 Å². The predicted molar refractivity (Wildman–Crippen MR) is 108 cm³/mol. The summed E-state index contributed by atoms with van der Waals surface area (Å²) < 4.78 is 18.4. The maximum Gasteiger partial charge on any atom is 0.123 e. The Bertz CT molecular complexity index is 863. The highest BCUT2D eigenvalue weighted by atomic mass is 16.5. The maximum atomic E-state index is 5.47. The van der Waals surface area contributed by atoms with Gasteiger partial charge >= 0.3 is 0 Å². The van der Waals surface area contributed by atoms with Crippen LogP contribution in [0.3, 0.4) is 0 Å². The minimum atomic E-state index is 0.758. The Balaban J connectivity index is 2.14. The first-order valence-electron chi connectivity index (χ1n) is 9.13. The standard InChI is InChI=1S/C22H26N2O3/c1-5-6-11-24-15-23-21(16-7-9-18(25-2)10-8-16)22(24)17-12-19(26-3)14-20(13-17)27-4/h7-10,12-15H,5-6,11H2,1-4H3. The number of hydrogen-bond acceptors (Lipinski definition) is 4. The van der Waals surface area contributed by atoms with Crippen molar-refractivity contribution in [3.63, 3.8) is 0 Å². The first-order chi connectivity index (χ1) is 13.2. The average Bonchev–Trinajstić information content (AvgIpc) is 3.15. The molecule has 0 bridgehead atoms. The van der Waals surface area contributed by atoms with Gasteiger partial charge in [0.1, 0.15) is 17.2 Å². The third-order valence-corrected chi connectivity index (χ3v) is 4.58. The molecule has 27 heavy (non-hydrogen) atoms. The lowest BCUT2D eigenvalue weighted by molar-refractivity contribution is 0.394. The minimum absolute atomic E-state index is 0.758. The van der Waals surface area contributed by atoms with Gasteiger partial charge in [-0.1, -0.05) is 13.3 Å². The Kier molecular flexibility index (Phi) is 6.01. The third kappa shape index (κ3) is 4.08. The quantitative estimate of drug-likeness (QED) is 0.560. The van der Waals surface area contributed by atoms with E-state index < -0.39 is 0 Å². The van der Waals surface area contributed by atoms with Crippen LogP contribution in [-0.4, -0.2) is 30.9 Å². The van der Waals surface area contributed by atoms with Gasteiger partial charge in [-0.2, -0.15) is 0 Å². The number of nitrogens with zero attached hydrogens (tertiary/aromatic N) is 2. The van der Waals surface area contributed by atoms with E-state index in [2.05, 4.69) is 11.5 Å². The SMILES string of the molecule is CCCCn1cnc(-c2ccc(OC)cc2)c1-c1cc(OC)cc(OC)c1. The van der Waals surface area contributed by atoms with E-state index in [9.17, 15) is 0 Å². The molecule has 0 N–H and O–H groups in total. The van der Waals surface area contributed by atoms with Crippen molar-refractivity contribution in [3.05, 3.63) is 48.8 Å². The molecule has 0 amide bonds. The molecule has 0 unspecified atom stereocenters. The second-order valence-electron chi connectivity index (χ2n) is 6.32. The Morgan fingerprint density at radius 3 is 2.00 bits per heavy atom. The Hall–Kier alpha value is -2.95. The van der Waals surface area contributed by atoms with Crippen molar-refractivity contribution in [3.8, 4) is 39.8 Å². The summed E-state index contributed by atoms with van der Waals surface area (Å²) in [6.07, 6.45) is 4.12. The Morgan fingerprint density at radius 1 is 0.815 bits per heavy atom. The van der Waals surface area contributed by atoms with E-state index in [4.69, 9.17) is 19.2 Å². The zero-order valence-corrected chi connectivity index (χ0v) is 16.4. The van der Waals surface area contributed by atoms with Crippen molar-refractivity contribution in [1.82, 2.24) is 9.55 Å². The first kappa shape index (κ1) is 18.8. The van der Waals surface area contributed by atoms with Crippen LogP contribution in [0.5, 0.6) is 17.2 Å². The van der Waals surface area contributed by atoms with E-state index in [1.54, 1.807) is 21.3 Å². The van der Waals surface area contributed by atoms with Gasteiger partial charge in [0.25, 0.3) is 0 Å². The highest BCUT2D eigenvalue weighted by Gasteiger charge is 2.17. The lowest BCUT2D eigenvalue weighted by Gasteiger charge is -2.13. The van der Waals surface area contributed by atoms with Crippen LogP contribution in [-0.2, 0) is 6.54 Å². The lowest BCUT2D eigenvalue weighted by atomic mass is 10.0. The molecule has 0 radical (unpaired) electrons. The third-order valence-electron chi connectivity index (χ3n) is 4.58. The molecule has 0 fully saturated rings. The monoisotopic (exact) mass is 366 g/mol. The van der Waals surface area contributed by atoms with Crippen molar-refractivity contribution in [2.24, 2.45) is 0 Å². The van der Waals surface area contributed by atoms with E-state index in [0.29, 0.717) is 0 Å². The van der Waals surface area contributed by atoms with Crippen LogP contribution in [0.1, 0.15) is 19.8 Å². The summed E-state index contributed by atoms with van der Waals surface area (Å²) in [6.45, 7) is 3.10. The molecule has 0 aliphatic rings. The second kappa shape index (κ2) is 8.62. The molecule has 3 rings (SSSR count). The van der Waals surface area contributed by atoms with Crippen LogP contribution in [0.2, 0.25) is 0 Å². The fourth-order valence-corrected chi connectivity index (χ4v) is 3.09. The number of benzene rings is 2. The molecular formula is C22H26N2O3. The molecule has 0 saturated carbocycles. The van der Waals surface area contributed by atoms with Crippen molar-refractivity contribution in [2.45, 2.75) is 26.3 Å². The second-order valence-corrected chi connectivity index (χ2v) is 6.32. The number of unbranched alkanes of at least 4 members (excludes halogenated alkanes) is 1. The Labute approximate surface area is 160 Å². The summed E-state index contributed by atoms with van der Waals surface area (Å²) in [5, 5.41) is 0. The topological polar surface area (TPSA) is 45.5 Å². The number of imidazole rings is 1. The maximum absolute atomic E-state index is 5.47. The Morgan fingerprint density at radius 2 is 1.44 bits per heavy atom. The summed E-state index contributed by atoms with van der Waals surface area (Å²) in [7, 11) is 5.00. The van der Waals surface area contributed by atoms with E-state index in [-0.39, 0.29) is 0 Å². The van der Waals surface area contributed by atoms with Crippen molar-refractivity contribution < 1.29 is 14.2 Å². The zero-order chi connectivity index (χ0) is 19.2. The number of rotatable bonds is 8. The van der Waals surface area contributed by atoms with Gasteiger partial charge in [0.15, 0.2) is 0 Å². The molecular weight excluding hydrogens is 340 g/mol. The predicted octanol–water partition coefficient (Wildman–Crippen LogP) is 5.04. The van der Waals surface area contributed by atoms with Crippen molar-refractivity contribution in [1.29, 1.82) is 0 Å². The number of aryl methyl sites for hydroxylation is 1. The van der Waals surface area contributed by atoms with Crippen LogP contribution in [0, 0.1) is 0 Å². The summed E-state index contributed by atoms with van der Waals surface area (Å²) in [5.41, 5.74) is 4.06. The summed E-state index contributed by atoms with van der Waals surface area (Å²) in [5.74, 6) is 2.34. The van der Waals surface area contributed by atoms with Gasteiger partial charge in [0.2, 0.25) is 0 Å². The highest BCUT2D eigenvalue weighted by molar-refractivity contribution is 5.80. The van der Waals surface area contributed by atoms with Crippen LogP contribution in [0.15, 0.2) is 48.8 Å². The molecule has 5 nitrogen and oxygen atoms in total. The van der Waals surface area contributed by atoms with E-state index in [1.807, 2.05) is 48.8 Å². The molecule has 0 atom stereocenters. The van der Waals surface area contributed by atoms with Gasteiger partial charge in [-0.25, -0.2) is 4.98 Å². The molecule has 0 spiro atoms. The first-order valence-corrected chi connectivity index (χ1v) is 9.13. The van der Waals surface area contributed by atoms with Crippen molar-refractivity contribution >= 4 is 0 Å². The number of aromatic nitrogens is 2. The van der Waals surface area contributed by atoms with Crippen LogP contribution < -0.4 is 14.2 Å². The molecule has 1 aromatic heterocycles. The lowest BCUT2D eigenvalue weighted by Crippen LogP contribution is -2.00. The minimum Gasteiger partial charge on any atom is -0.497 e. The molecule has 142 valence electrons. The molecule has 0 aliphatic carbocycles. The fraction of sp³-hybridized carbons (Fsp3) is 0.318. The highest BCUT2D eigenvalue weighted by Crippen LogP contribution is 2.36. The van der Waals surface area contributed by atoms with Gasteiger partial charge in [-0.05, 0) is 42.8 Å². The van der Waals surface area contributed by atoms with Crippen LogP contribution >= 0.6 is 0 Å². The summed E-state index contributed by atoms with van der Waals surface area (Å²) >= 11 is 0. The number of methoxy groups -OCH3 is 3. The van der Waals surface area contributed by atoms with Gasteiger partial charge in [0, 0.05) is 23.7 Å². The molecule has 3 aromatic rings. The molecule has 2 aromatic carbocycles. The zero-order valence-electron chi connectivity index (χ0n) is 16.4. The summed E-state index contributed by atoms with van der Waals surface area (Å²) in [4.78, 5) is 4.72. The fourth-order valence-electron chi connectivity index (χ4n) is 3.09. The van der Waals surface area contributed by atoms with Crippen LogP contribution in [0.4, 0.5) is 0 Å². The van der Waals surface area contributed by atoms with Gasteiger partial charge in [0.05, 0.1) is 39.0 Å². The van der Waals surface area contributed by atoms with Crippen molar-refractivity contribution in [2.75, 3.05) is 21.3 Å². The van der Waals surface area contributed by atoms with E-state index in [0.717, 1.165) is 59.1 Å².